The van der Waals surface area contributed by atoms with Crippen molar-refractivity contribution < 1.29 is 14.6 Å². The molecule has 0 aromatic heterocycles. The van der Waals surface area contributed by atoms with Crippen molar-refractivity contribution in [1.29, 1.82) is 0 Å². The normalized spacial score (nSPS) is 37.0. The number of aliphatic hydroxyl groups is 1. The van der Waals surface area contributed by atoms with Gasteiger partial charge in [0.15, 0.2) is 0 Å². The molecule has 0 unspecified atom stereocenters. The number of carbonyl (C=O) groups excluding carboxylic acids is 1. The molecule has 3 atom stereocenters. The third-order valence-electron chi connectivity index (χ3n) is 5.07. The van der Waals surface area contributed by atoms with E-state index in [0.717, 1.165) is 44.9 Å². The monoisotopic (exact) mass is 267 g/mol. The molecule has 2 heterocycles. The second kappa shape index (κ2) is 5.41. The van der Waals surface area contributed by atoms with E-state index in [4.69, 9.17) is 4.74 Å². The molecule has 108 valence electrons. The molecule has 19 heavy (non-hydrogen) atoms. The van der Waals surface area contributed by atoms with E-state index in [2.05, 4.69) is 5.32 Å². The fourth-order valence-electron chi connectivity index (χ4n) is 3.86. The van der Waals surface area contributed by atoms with Gasteiger partial charge in [-0.3, -0.25) is 4.79 Å². The van der Waals surface area contributed by atoms with Gasteiger partial charge in [-0.25, -0.2) is 0 Å². The van der Waals surface area contributed by atoms with Crippen molar-refractivity contribution in [1.82, 2.24) is 5.32 Å². The SMILES string of the molecule is O=C(NCC1(O)CCCCCC1)[C@H]1C[C@H]2CC[C@H]1O2. The van der Waals surface area contributed by atoms with Crippen LogP contribution >= 0.6 is 0 Å². The highest BCUT2D eigenvalue weighted by Crippen LogP contribution is 2.38. The molecule has 1 amide bonds. The van der Waals surface area contributed by atoms with E-state index >= 15 is 0 Å². The van der Waals surface area contributed by atoms with Gasteiger partial charge in [-0.2, -0.15) is 0 Å². The molecule has 4 heteroatoms. The molecule has 1 saturated carbocycles. The first-order chi connectivity index (χ1) is 9.16. The van der Waals surface area contributed by atoms with Crippen molar-refractivity contribution in [2.45, 2.75) is 75.6 Å². The van der Waals surface area contributed by atoms with Crippen LogP contribution in [-0.4, -0.2) is 35.4 Å². The second-order valence-corrected chi connectivity index (χ2v) is 6.57. The Hall–Kier alpha value is -0.610. The molecule has 4 nitrogen and oxygen atoms in total. The molecule has 2 bridgehead atoms. The van der Waals surface area contributed by atoms with Crippen molar-refractivity contribution in [3.05, 3.63) is 0 Å². The lowest BCUT2D eigenvalue weighted by Crippen LogP contribution is -2.46. The zero-order chi connectivity index (χ0) is 13.3. The maximum Gasteiger partial charge on any atom is 0.225 e. The van der Waals surface area contributed by atoms with Crippen LogP contribution < -0.4 is 5.32 Å². The number of ether oxygens (including phenoxy) is 1. The van der Waals surface area contributed by atoms with Crippen molar-refractivity contribution in [3.8, 4) is 0 Å². The molecule has 2 aliphatic heterocycles. The molecule has 0 aromatic rings. The van der Waals surface area contributed by atoms with Gasteiger partial charge in [0.05, 0.1) is 23.7 Å². The minimum atomic E-state index is -0.676. The summed E-state index contributed by atoms with van der Waals surface area (Å²) in [6.07, 6.45) is 9.64. The number of fused-ring (bicyclic) bond motifs is 2. The fourth-order valence-corrected chi connectivity index (χ4v) is 3.86. The Bertz CT molecular complexity index is 336. The van der Waals surface area contributed by atoms with Gasteiger partial charge < -0.3 is 15.2 Å². The molecule has 1 aliphatic carbocycles. The van der Waals surface area contributed by atoms with Gasteiger partial charge in [0.1, 0.15) is 0 Å². The summed E-state index contributed by atoms with van der Waals surface area (Å²) in [5, 5.41) is 13.5. The Labute approximate surface area is 114 Å². The van der Waals surface area contributed by atoms with Crippen molar-refractivity contribution in [3.63, 3.8) is 0 Å². The minimum absolute atomic E-state index is 0.0214. The third kappa shape index (κ3) is 2.95. The van der Waals surface area contributed by atoms with Gasteiger partial charge in [-0.15, -0.1) is 0 Å². The Balaban J connectivity index is 1.50. The molecular weight excluding hydrogens is 242 g/mol. The van der Waals surface area contributed by atoms with E-state index in [0.29, 0.717) is 12.6 Å². The number of nitrogens with one attached hydrogen (secondary N) is 1. The van der Waals surface area contributed by atoms with Crippen LogP contribution in [0.3, 0.4) is 0 Å². The van der Waals surface area contributed by atoms with E-state index in [1.807, 2.05) is 0 Å². The zero-order valence-corrected chi connectivity index (χ0v) is 11.6. The van der Waals surface area contributed by atoms with Crippen molar-refractivity contribution in [2.24, 2.45) is 5.92 Å². The molecule has 2 N–H and O–H groups in total. The second-order valence-electron chi connectivity index (χ2n) is 6.57. The van der Waals surface area contributed by atoms with Crippen LogP contribution in [-0.2, 0) is 9.53 Å². The number of rotatable bonds is 3. The van der Waals surface area contributed by atoms with Crippen LogP contribution in [0.5, 0.6) is 0 Å². The number of carbonyl (C=O) groups is 1. The quantitative estimate of drug-likeness (QED) is 0.766. The topological polar surface area (TPSA) is 58.6 Å². The molecule has 3 aliphatic rings. The Morgan fingerprint density at radius 3 is 2.53 bits per heavy atom. The van der Waals surface area contributed by atoms with Gasteiger partial charge in [-0.1, -0.05) is 25.7 Å². The summed E-state index contributed by atoms with van der Waals surface area (Å²) >= 11 is 0. The van der Waals surface area contributed by atoms with E-state index in [1.54, 1.807) is 0 Å². The van der Waals surface area contributed by atoms with Gasteiger partial charge in [0.25, 0.3) is 0 Å². The van der Waals surface area contributed by atoms with Crippen molar-refractivity contribution >= 4 is 5.91 Å². The Morgan fingerprint density at radius 1 is 1.21 bits per heavy atom. The summed E-state index contributed by atoms with van der Waals surface area (Å²) < 4.78 is 5.72. The third-order valence-corrected chi connectivity index (χ3v) is 5.07. The van der Waals surface area contributed by atoms with E-state index in [9.17, 15) is 9.90 Å². The highest BCUT2D eigenvalue weighted by atomic mass is 16.5. The average molecular weight is 267 g/mol. The van der Waals surface area contributed by atoms with Gasteiger partial charge in [0, 0.05) is 6.54 Å². The standard InChI is InChI=1S/C15H25NO3/c17-14(12-9-11-5-6-13(12)19-11)16-10-15(18)7-3-1-2-4-8-15/h11-13,18H,1-10H2,(H,16,17)/t11-,12+,13-/m1/s1. The van der Waals surface area contributed by atoms with Crippen LogP contribution in [0.25, 0.3) is 0 Å². The van der Waals surface area contributed by atoms with Crippen LogP contribution in [0, 0.1) is 5.92 Å². The number of hydrogen-bond acceptors (Lipinski definition) is 3. The molecule has 3 rings (SSSR count). The van der Waals surface area contributed by atoms with Gasteiger partial charge in [0.2, 0.25) is 5.91 Å². The molecule has 0 aromatic carbocycles. The van der Waals surface area contributed by atoms with E-state index in [-0.39, 0.29) is 17.9 Å². The minimum Gasteiger partial charge on any atom is -0.388 e. The predicted octanol–water partition coefficient (Wildman–Crippen LogP) is 1.76. The van der Waals surface area contributed by atoms with Crippen molar-refractivity contribution in [2.75, 3.05) is 6.54 Å². The maximum atomic E-state index is 12.2. The van der Waals surface area contributed by atoms with Gasteiger partial charge in [-0.05, 0) is 32.1 Å². The van der Waals surface area contributed by atoms with Crippen LogP contribution in [0.2, 0.25) is 0 Å². The summed E-state index contributed by atoms with van der Waals surface area (Å²) in [6, 6.07) is 0. The lowest BCUT2D eigenvalue weighted by molar-refractivity contribution is -0.128. The lowest BCUT2D eigenvalue weighted by Gasteiger charge is -2.28. The van der Waals surface area contributed by atoms with Crippen LogP contribution in [0.15, 0.2) is 0 Å². The summed E-state index contributed by atoms with van der Waals surface area (Å²) in [4.78, 5) is 12.2. The summed E-state index contributed by atoms with van der Waals surface area (Å²) in [6.45, 7) is 0.416. The van der Waals surface area contributed by atoms with E-state index < -0.39 is 5.60 Å². The van der Waals surface area contributed by atoms with E-state index in [1.165, 1.54) is 12.8 Å². The van der Waals surface area contributed by atoms with Gasteiger partial charge >= 0.3 is 0 Å². The average Bonchev–Trinajstić information content (AvgIpc) is 2.97. The lowest BCUT2D eigenvalue weighted by atomic mass is 9.88. The largest absolute Gasteiger partial charge is 0.388 e. The van der Waals surface area contributed by atoms with Crippen LogP contribution in [0.1, 0.15) is 57.8 Å². The fraction of sp³-hybridized carbons (Fsp3) is 0.933. The zero-order valence-electron chi connectivity index (χ0n) is 11.6. The highest BCUT2D eigenvalue weighted by Gasteiger charge is 2.44. The Morgan fingerprint density at radius 2 is 1.95 bits per heavy atom. The van der Waals surface area contributed by atoms with Crippen LogP contribution in [0.4, 0.5) is 0 Å². The first-order valence-corrected chi connectivity index (χ1v) is 7.82. The smallest absolute Gasteiger partial charge is 0.225 e. The molecule has 2 saturated heterocycles. The first kappa shape index (κ1) is 13.4. The number of hydrogen-bond donors (Lipinski definition) is 2. The maximum absolute atomic E-state index is 12.2. The molecular formula is C15H25NO3. The molecule has 3 fully saturated rings. The molecule has 0 spiro atoms. The summed E-state index contributed by atoms with van der Waals surface area (Å²) in [7, 11) is 0. The number of amides is 1. The summed E-state index contributed by atoms with van der Waals surface area (Å²) in [5.41, 5.74) is -0.676. The predicted molar refractivity (Wildman–Crippen MR) is 71.7 cm³/mol. The molecule has 0 radical (unpaired) electrons. The first-order valence-electron chi connectivity index (χ1n) is 7.82. The summed E-state index contributed by atoms with van der Waals surface area (Å²) in [5.74, 6) is 0.109. The Kier molecular flexibility index (Phi) is 3.81. The highest BCUT2D eigenvalue weighted by molar-refractivity contribution is 5.79.